The van der Waals surface area contributed by atoms with Gasteiger partial charge in [-0.05, 0) is 18.2 Å². The van der Waals surface area contributed by atoms with Gasteiger partial charge in [0.15, 0.2) is 23.3 Å². The van der Waals surface area contributed by atoms with E-state index in [0.29, 0.717) is 17.6 Å². The fourth-order valence-electron chi connectivity index (χ4n) is 2.91. The molecule has 1 heterocycles. The van der Waals surface area contributed by atoms with Gasteiger partial charge in [0.25, 0.3) is 0 Å². The number of benzene rings is 3. The van der Waals surface area contributed by atoms with Crippen LogP contribution in [0, 0.1) is 29.1 Å². The Labute approximate surface area is 193 Å². The van der Waals surface area contributed by atoms with Gasteiger partial charge in [-0.1, -0.05) is 58.4 Å². The van der Waals surface area contributed by atoms with E-state index in [1.54, 1.807) is 6.07 Å². The summed E-state index contributed by atoms with van der Waals surface area (Å²) >= 11 is 3.36. The summed E-state index contributed by atoms with van der Waals surface area (Å²) in [5.74, 6) is -10.4. The lowest BCUT2D eigenvalue weighted by Crippen LogP contribution is -2.07. The highest BCUT2D eigenvalue weighted by Crippen LogP contribution is 2.26. The van der Waals surface area contributed by atoms with Crippen LogP contribution >= 0.6 is 15.9 Å². The van der Waals surface area contributed by atoms with E-state index in [1.807, 2.05) is 54.6 Å². The molecule has 0 spiro atoms. The van der Waals surface area contributed by atoms with Gasteiger partial charge in [0.1, 0.15) is 0 Å². The van der Waals surface area contributed by atoms with Crippen molar-refractivity contribution in [3.8, 4) is 22.5 Å². The number of hydrogen-bond acceptors (Lipinski definition) is 4. The standard InChI is InChI=1S/C23H12BrF5N4/c24-14-8-6-13(7-9-14)17-10-16(12-4-2-1-3-5-12)31-23(32-17)33-30-11-15-18(25)20(27)22(29)21(28)19(15)26/h1-11H,(H,31,32,33)/b30-11+. The Balaban J connectivity index is 1.72. The zero-order valence-electron chi connectivity index (χ0n) is 16.5. The Hall–Kier alpha value is -3.66. The Morgan fingerprint density at radius 3 is 1.79 bits per heavy atom. The number of nitrogens with zero attached hydrogens (tertiary/aromatic N) is 3. The molecule has 0 saturated heterocycles. The molecule has 4 nitrogen and oxygen atoms in total. The van der Waals surface area contributed by atoms with Crippen molar-refractivity contribution in [2.75, 3.05) is 5.43 Å². The van der Waals surface area contributed by atoms with Crippen LogP contribution in [-0.2, 0) is 0 Å². The molecule has 166 valence electrons. The summed E-state index contributed by atoms with van der Waals surface area (Å²) in [6.07, 6.45) is 0.480. The van der Waals surface area contributed by atoms with Gasteiger partial charge in [0.05, 0.1) is 23.2 Å². The Morgan fingerprint density at radius 1 is 0.697 bits per heavy atom. The van der Waals surface area contributed by atoms with Gasteiger partial charge >= 0.3 is 0 Å². The fraction of sp³-hybridized carbons (Fsp3) is 0. The third-order valence-corrected chi connectivity index (χ3v) is 5.07. The summed E-state index contributed by atoms with van der Waals surface area (Å²) in [5.41, 5.74) is 3.78. The number of nitrogens with one attached hydrogen (secondary N) is 1. The fourth-order valence-corrected chi connectivity index (χ4v) is 3.18. The number of halogens is 6. The molecule has 0 saturated carbocycles. The molecule has 1 N–H and O–H groups in total. The van der Waals surface area contributed by atoms with Gasteiger partial charge < -0.3 is 0 Å². The minimum absolute atomic E-state index is 0.0469. The smallest absolute Gasteiger partial charge is 0.244 e. The molecule has 0 aliphatic heterocycles. The minimum atomic E-state index is -2.24. The first-order valence-electron chi connectivity index (χ1n) is 9.36. The van der Waals surface area contributed by atoms with Crippen molar-refractivity contribution in [2.24, 2.45) is 5.10 Å². The Bertz CT molecular complexity index is 1320. The highest BCUT2D eigenvalue weighted by Gasteiger charge is 2.24. The average molecular weight is 519 g/mol. The zero-order chi connectivity index (χ0) is 23.5. The summed E-state index contributed by atoms with van der Waals surface area (Å²) in [6.45, 7) is 0. The maximum absolute atomic E-state index is 13.9. The van der Waals surface area contributed by atoms with Gasteiger partial charge in [0.2, 0.25) is 11.8 Å². The monoisotopic (exact) mass is 518 g/mol. The van der Waals surface area contributed by atoms with Crippen molar-refractivity contribution >= 4 is 28.1 Å². The second-order valence-corrected chi connectivity index (χ2v) is 7.60. The number of aromatic nitrogens is 2. The molecule has 4 rings (SSSR count). The quantitative estimate of drug-likeness (QED) is 0.105. The SMILES string of the molecule is Fc1c(F)c(F)c(/C=N/Nc2nc(-c3ccccc3)cc(-c3ccc(Br)cc3)n2)c(F)c1F. The first-order chi connectivity index (χ1) is 15.8. The van der Waals surface area contributed by atoms with Crippen LogP contribution in [0.15, 0.2) is 70.2 Å². The summed E-state index contributed by atoms with van der Waals surface area (Å²) < 4.78 is 68.6. The van der Waals surface area contributed by atoms with Gasteiger partial charge in [-0.2, -0.15) is 5.10 Å². The van der Waals surface area contributed by atoms with Gasteiger partial charge in [-0.25, -0.2) is 37.3 Å². The van der Waals surface area contributed by atoms with Crippen molar-refractivity contribution in [1.82, 2.24) is 9.97 Å². The van der Waals surface area contributed by atoms with E-state index in [0.717, 1.165) is 15.6 Å². The largest absolute Gasteiger partial charge is 0.245 e. The topological polar surface area (TPSA) is 50.2 Å². The molecule has 10 heteroatoms. The molecule has 4 aromatic rings. The molecule has 0 unspecified atom stereocenters. The van der Waals surface area contributed by atoms with E-state index in [4.69, 9.17) is 0 Å². The summed E-state index contributed by atoms with van der Waals surface area (Å²) in [5, 5.41) is 3.59. The first-order valence-corrected chi connectivity index (χ1v) is 10.2. The van der Waals surface area contributed by atoms with Crippen molar-refractivity contribution in [2.45, 2.75) is 0 Å². The average Bonchev–Trinajstić information content (AvgIpc) is 2.84. The predicted octanol–water partition coefficient (Wildman–Crippen LogP) is 6.71. The second kappa shape index (κ2) is 9.45. The number of hydrazone groups is 1. The maximum Gasteiger partial charge on any atom is 0.244 e. The molecule has 0 radical (unpaired) electrons. The van der Waals surface area contributed by atoms with Crippen molar-refractivity contribution in [3.63, 3.8) is 0 Å². The van der Waals surface area contributed by atoms with Crippen LogP contribution in [0.2, 0.25) is 0 Å². The normalized spacial score (nSPS) is 11.2. The zero-order valence-corrected chi connectivity index (χ0v) is 18.0. The first kappa shape index (κ1) is 22.5. The molecule has 0 amide bonds. The Kier molecular flexibility index (Phi) is 6.45. The van der Waals surface area contributed by atoms with E-state index in [1.165, 1.54) is 0 Å². The molecule has 3 aromatic carbocycles. The summed E-state index contributed by atoms with van der Waals surface area (Å²) in [4.78, 5) is 8.67. The molecule has 0 atom stereocenters. The summed E-state index contributed by atoms with van der Waals surface area (Å²) in [6, 6.07) is 18.2. The van der Waals surface area contributed by atoms with Crippen LogP contribution in [0.1, 0.15) is 5.56 Å². The third kappa shape index (κ3) is 4.75. The molecule has 0 aliphatic carbocycles. The van der Waals surface area contributed by atoms with Gasteiger partial charge in [-0.3, -0.25) is 0 Å². The van der Waals surface area contributed by atoms with E-state index >= 15 is 0 Å². The maximum atomic E-state index is 13.9. The van der Waals surface area contributed by atoms with Crippen LogP contribution in [0.3, 0.4) is 0 Å². The van der Waals surface area contributed by atoms with Crippen LogP contribution in [-0.4, -0.2) is 16.2 Å². The van der Waals surface area contributed by atoms with Crippen molar-refractivity contribution in [3.05, 3.63) is 99.8 Å². The van der Waals surface area contributed by atoms with Gasteiger partial charge in [0, 0.05) is 15.6 Å². The number of rotatable bonds is 5. The van der Waals surface area contributed by atoms with E-state index in [2.05, 4.69) is 36.4 Å². The molecule has 0 aliphatic rings. The molecule has 0 bridgehead atoms. The predicted molar refractivity (Wildman–Crippen MR) is 118 cm³/mol. The van der Waals surface area contributed by atoms with E-state index in [-0.39, 0.29) is 5.95 Å². The highest BCUT2D eigenvalue weighted by atomic mass is 79.9. The second-order valence-electron chi connectivity index (χ2n) is 6.69. The van der Waals surface area contributed by atoms with Crippen molar-refractivity contribution in [1.29, 1.82) is 0 Å². The van der Waals surface area contributed by atoms with Crippen LogP contribution < -0.4 is 5.43 Å². The Morgan fingerprint density at radius 2 is 1.21 bits per heavy atom. The molecular weight excluding hydrogens is 507 g/mol. The molecule has 1 aromatic heterocycles. The van der Waals surface area contributed by atoms with Crippen molar-refractivity contribution < 1.29 is 22.0 Å². The number of hydrogen-bond donors (Lipinski definition) is 1. The van der Waals surface area contributed by atoms with Crippen LogP contribution in [0.25, 0.3) is 22.5 Å². The lowest BCUT2D eigenvalue weighted by molar-refractivity contribution is 0.377. The lowest BCUT2D eigenvalue weighted by atomic mass is 10.1. The third-order valence-electron chi connectivity index (χ3n) is 4.54. The van der Waals surface area contributed by atoms with E-state index < -0.39 is 34.6 Å². The van der Waals surface area contributed by atoms with Gasteiger partial charge in [-0.15, -0.1) is 0 Å². The summed E-state index contributed by atoms with van der Waals surface area (Å²) in [7, 11) is 0. The molecule has 33 heavy (non-hydrogen) atoms. The molecular formula is C23H12BrF5N4. The lowest BCUT2D eigenvalue weighted by Gasteiger charge is -2.09. The highest BCUT2D eigenvalue weighted by molar-refractivity contribution is 9.10. The number of anilines is 1. The van der Waals surface area contributed by atoms with Crippen LogP contribution in [0.4, 0.5) is 27.9 Å². The van der Waals surface area contributed by atoms with E-state index in [9.17, 15) is 22.0 Å². The molecule has 0 fully saturated rings. The minimum Gasteiger partial charge on any atom is -0.245 e. The van der Waals surface area contributed by atoms with Crippen LogP contribution in [0.5, 0.6) is 0 Å².